The van der Waals surface area contributed by atoms with Crippen molar-refractivity contribution < 1.29 is 9.90 Å². The minimum absolute atomic E-state index is 0.0767. The van der Waals surface area contributed by atoms with Crippen molar-refractivity contribution in [2.45, 2.75) is 43.9 Å². The Kier molecular flexibility index (Phi) is 4.03. The lowest BCUT2D eigenvalue weighted by molar-refractivity contribution is -0.128. The van der Waals surface area contributed by atoms with E-state index in [9.17, 15) is 9.90 Å². The number of hydrogen-bond acceptors (Lipinski definition) is 3. The van der Waals surface area contributed by atoms with Crippen LogP contribution in [0.4, 0.5) is 0 Å². The number of amides is 1. The van der Waals surface area contributed by atoms with Crippen molar-refractivity contribution >= 4 is 5.91 Å². The number of β-amino-alcohol motifs (C(OH)–C–C–N with tert-alkyl or cyclic N) is 1. The predicted molar refractivity (Wildman–Crippen MR) is 77.2 cm³/mol. The van der Waals surface area contributed by atoms with E-state index in [0.29, 0.717) is 12.6 Å². The Balaban J connectivity index is 1.80. The van der Waals surface area contributed by atoms with Crippen molar-refractivity contribution in [2.75, 3.05) is 13.1 Å². The van der Waals surface area contributed by atoms with Crippen LogP contribution in [0.5, 0.6) is 0 Å². The number of likely N-dealkylation sites (tertiary alicyclic amines) is 1. The van der Waals surface area contributed by atoms with E-state index in [1.807, 2.05) is 30.3 Å². The van der Waals surface area contributed by atoms with Crippen LogP contribution in [0, 0.1) is 0 Å². The summed E-state index contributed by atoms with van der Waals surface area (Å²) >= 11 is 0. The summed E-state index contributed by atoms with van der Waals surface area (Å²) in [5.74, 6) is 0.0767. The van der Waals surface area contributed by atoms with Gasteiger partial charge in [-0.25, -0.2) is 0 Å². The number of hydrogen-bond donors (Lipinski definition) is 2. The molecule has 1 saturated heterocycles. The topological polar surface area (TPSA) is 52.6 Å². The Hall–Kier alpha value is -1.39. The molecule has 4 heteroatoms. The van der Waals surface area contributed by atoms with Gasteiger partial charge in [0.05, 0.1) is 6.10 Å². The molecule has 0 radical (unpaired) electrons. The molecule has 1 heterocycles. The van der Waals surface area contributed by atoms with Crippen molar-refractivity contribution in [3.8, 4) is 0 Å². The number of nitrogens with one attached hydrogen (secondary N) is 1. The molecule has 0 aromatic heterocycles. The normalized spacial score (nSPS) is 25.1. The lowest BCUT2D eigenvalue weighted by Crippen LogP contribution is -2.47. The second-order valence-electron chi connectivity index (χ2n) is 5.89. The first kappa shape index (κ1) is 13.6. The summed E-state index contributed by atoms with van der Waals surface area (Å²) in [6.45, 7) is 1.45. The van der Waals surface area contributed by atoms with Gasteiger partial charge in [-0.1, -0.05) is 30.3 Å². The average molecular weight is 274 g/mol. The van der Waals surface area contributed by atoms with Gasteiger partial charge in [-0.3, -0.25) is 9.69 Å². The number of piperidine rings is 1. The second-order valence-corrected chi connectivity index (χ2v) is 5.89. The molecule has 0 unspecified atom stereocenters. The zero-order valence-corrected chi connectivity index (χ0v) is 11.7. The standard InChI is InChI=1S/C16H22N2O2/c19-14-7-4-10-18(11-14)15(12-5-2-1-3-6-12)16(20)17-13-8-9-13/h1-3,5-6,13-15,19H,4,7-11H2,(H,17,20)/t14-,15-/m0/s1. The van der Waals surface area contributed by atoms with Crippen LogP contribution in [-0.4, -0.2) is 41.1 Å². The minimum Gasteiger partial charge on any atom is -0.392 e. The van der Waals surface area contributed by atoms with Gasteiger partial charge in [0.1, 0.15) is 6.04 Å². The molecule has 2 N–H and O–H groups in total. The first-order valence-electron chi connectivity index (χ1n) is 7.51. The van der Waals surface area contributed by atoms with E-state index < -0.39 is 0 Å². The Bertz CT molecular complexity index is 459. The summed E-state index contributed by atoms with van der Waals surface area (Å²) in [6.07, 6.45) is 3.65. The number of carbonyl (C=O) groups is 1. The van der Waals surface area contributed by atoms with E-state index in [1.165, 1.54) is 0 Å². The number of aliphatic hydroxyl groups is 1. The quantitative estimate of drug-likeness (QED) is 0.874. The smallest absolute Gasteiger partial charge is 0.242 e. The fourth-order valence-electron chi connectivity index (χ4n) is 2.89. The molecule has 2 atom stereocenters. The van der Waals surface area contributed by atoms with Crippen molar-refractivity contribution in [3.63, 3.8) is 0 Å². The third-order valence-corrected chi connectivity index (χ3v) is 4.08. The van der Waals surface area contributed by atoms with E-state index in [4.69, 9.17) is 0 Å². The highest BCUT2D eigenvalue weighted by Crippen LogP contribution is 2.27. The Morgan fingerprint density at radius 2 is 2.00 bits per heavy atom. The van der Waals surface area contributed by atoms with Gasteiger partial charge in [0, 0.05) is 12.6 Å². The van der Waals surface area contributed by atoms with E-state index in [-0.39, 0.29) is 18.1 Å². The summed E-state index contributed by atoms with van der Waals surface area (Å²) in [5.41, 5.74) is 1.01. The van der Waals surface area contributed by atoms with E-state index in [1.54, 1.807) is 0 Å². The molecule has 2 aliphatic rings. The molecule has 0 bridgehead atoms. The molecular weight excluding hydrogens is 252 g/mol. The van der Waals surface area contributed by atoms with E-state index in [0.717, 1.165) is 37.8 Å². The maximum Gasteiger partial charge on any atom is 0.242 e. The number of aliphatic hydroxyl groups excluding tert-OH is 1. The molecule has 1 amide bonds. The number of rotatable bonds is 4. The van der Waals surface area contributed by atoms with Crippen molar-refractivity contribution in [3.05, 3.63) is 35.9 Å². The molecule has 20 heavy (non-hydrogen) atoms. The fourth-order valence-corrected chi connectivity index (χ4v) is 2.89. The Morgan fingerprint density at radius 3 is 2.65 bits per heavy atom. The second kappa shape index (κ2) is 5.94. The average Bonchev–Trinajstić information content (AvgIpc) is 3.24. The summed E-state index contributed by atoms with van der Waals surface area (Å²) < 4.78 is 0. The van der Waals surface area contributed by atoms with Gasteiger partial charge in [0.15, 0.2) is 0 Å². The molecule has 3 rings (SSSR count). The third kappa shape index (κ3) is 3.19. The molecule has 1 aromatic carbocycles. The van der Waals surface area contributed by atoms with Crippen LogP contribution in [0.3, 0.4) is 0 Å². The molecule has 108 valence electrons. The lowest BCUT2D eigenvalue weighted by atomic mass is 10.00. The van der Waals surface area contributed by atoms with Crippen LogP contribution in [0.1, 0.15) is 37.3 Å². The monoisotopic (exact) mass is 274 g/mol. The van der Waals surface area contributed by atoms with Gasteiger partial charge in [-0.05, 0) is 37.8 Å². The van der Waals surface area contributed by atoms with E-state index in [2.05, 4.69) is 10.2 Å². The van der Waals surface area contributed by atoms with E-state index >= 15 is 0 Å². The highest BCUT2D eigenvalue weighted by Gasteiger charge is 2.34. The fraction of sp³-hybridized carbons (Fsp3) is 0.562. The Labute approximate surface area is 119 Å². The SMILES string of the molecule is O=C(NC1CC1)[C@H](c1ccccc1)N1CCC[C@H](O)C1. The minimum atomic E-state index is -0.316. The maximum absolute atomic E-state index is 12.6. The van der Waals surface area contributed by atoms with Gasteiger partial charge in [0.25, 0.3) is 0 Å². The molecule has 1 aliphatic carbocycles. The summed E-state index contributed by atoms with van der Waals surface area (Å²) in [6, 6.07) is 9.98. The predicted octanol–water partition coefficient (Wildman–Crippen LogP) is 1.46. The van der Waals surface area contributed by atoms with Crippen LogP contribution in [0.15, 0.2) is 30.3 Å². The first-order valence-corrected chi connectivity index (χ1v) is 7.51. The largest absolute Gasteiger partial charge is 0.392 e. The zero-order valence-electron chi connectivity index (χ0n) is 11.7. The molecule has 1 saturated carbocycles. The van der Waals surface area contributed by atoms with Gasteiger partial charge in [-0.2, -0.15) is 0 Å². The van der Waals surface area contributed by atoms with Crippen molar-refractivity contribution in [1.29, 1.82) is 0 Å². The van der Waals surface area contributed by atoms with Gasteiger partial charge in [0.2, 0.25) is 5.91 Å². The molecule has 4 nitrogen and oxygen atoms in total. The van der Waals surface area contributed by atoms with Gasteiger partial charge in [-0.15, -0.1) is 0 Å². The molecular formula is C16H22N2O2. The maximum atomic E-state index is 12.6. The summed E-state index contributed by atoms with van der Waals surface area (Å²) in [5, 5.41) is 13.0. The number of nitrogens with zero attached hydrogens (tertiary/aromatic N) is 1. The van der Waals surface area contributed by atoms with Crippen molar-refractivity contribution in [1.82, 2.24) is 10.2 Å². The van der Waals surface area contributed by atoms with Crippen LogP contribution < -0.4 is 5.32 Å². The molecule has 1 aliphatic heterocycles. The van der Waals surface area contributed by atoms with Crippen LogP contribution in [-0.2, 0) is 4.79 Å². The number of benzene rings is 1. The zero-order chi connectivity index (χ0) is 13.9. The van der Waals surface area contributed by atoms with Gasteiger partial charge >= 0.3 is 0 Å². The third-order valence-electron chi connectivity index (χ3n) is 4.08. The first-order chi connectivity index (χ1) is 9.74. The number of carbonyl (C=O) groups excluding carboxylic acids is 1. The van der Waals surface area contributed by atoms with Crippen LogP contribution >= 0.6 is 0 Å². The van der Waals surface area contributed by atoms with Crippen LogP contribution in [0.25, 0.3) is 0 Å². The van der Waals surface area contributed by atoms with Crippen LogP contribution in [0.2, 0.25) is 0 Å². The molecule has 1 aromatic rings. The Morgan fingerprint density at radius 1 is 1.25 bits per heavy atom. The highest BCUT2D eigenvalue weighted by atomic mass is 16.3. The van der Waals surface area contributed by atoms with Gasteiger partial charge < -0.3 is 10.4 Å². The van der Waals surface area contributed by atoms with Crippen molar-refractivity contribution in [2.24, 2.45) is 0 Å². The lowest BCUT2D eigenvalue weighted by Gasteiger charge is -2.36. The molecule has 0 spiro atoms. The highest BCUT2D eigenvalue weighted by molar-refractivity contribution is 5.83. The molecule has 2 fully saturated rings. The summed E-state index contributed by atoms with van der Waals surface area (Å²) in [4.78, 5) is 14.7. The summed E-state index contributed by atoms with van der Waals surface area (Å²) in [7, 11) is 0.